The third-order valence-electron chi connectivity index (χ3n) is 2.50. The SMILES string of the molecule is CC(NC(=O)OC(C)(C)C)c1nc(C2CC2)no1. The van der Waals surface area contributed by atoms with E-state index in [1.54, 1.807) is 6.92 Å². The van der Waals surface area contributed by atoms with Crippen LogP contribution in [-0.4, -0.2) is 21.8 Å². The Bertz CT molecular complexity index is 432. The Kier molecular flexibility index (Phi) is 3.28. The van der Waals surface area contributed by atoms with E-state index in [0.29, 0.717) is 11.8 Å². The third-order valence-corrected chi connectivity index (χ3v) is 2.50. The van der Waals surface area contributed by atoms with E-state index in [1.807, 2.05) is 20.8 Å². The van der Waals surface area contributed by atoms with Gasteiger partial charge >= 0.3 is 6.09 Å². The van der Waals surface area contributed by atoms with Gasteiger partial charge in [0.05, 0.1) is 0 Å². The number of rotatable bonds is 3. The van der Waals surface area contributed by atoms with Crippen LogP contribution in [0.5, 0.6) is 0 Å². The average Bonchev–Trinajstić information content (AvgIpc) is 2.93. The van der Waals surface area contributed by atoms with Crippen LogP contribution in [-0.2, 0) is 4.74 Å². The first-order valence-corrected chi connectivity index (χ1v) is 6.18. The zero-order chi connectivity index (χ0) is 13.3. The highest BCUT2D eigenvalue weighted by molar-refractivity contribution is 5.68. The van der Waals surface area contributed by atoms with E-state index in [0.717, 1.165) is 18.7 Å². The molecule has 0 radical (unpaired) electrons. The maximum atomic E-state index is 11.6. The summed E-state index contributed by atoms with van der Waals surface area (Å²) in [5.74, 6) is 1.60. The molecule has 1 aliphatic rings. The van der Waals surface area contributed by atoms with Crippen molar-refractivity contribution in [3.05, 3.63) is 11.7 Å². The van der Waals surface area contributed by atoms with Gasteiger partial charge in [-0.1, -0.05) is 5.16 Å². The number of aromatic nitrogens is 2. The van der Waals surface area contributed by atoms with Gasteiger partial charge in [-0.15, -0.1) is 0 Å². The molecule has 1 aromatic heterocycles. The van der Waals surface area contributed by atoms with Crippen molar-refractivity contribution < 1.29 is 14.1 Å². The van der Waals surface area contributed by atoms with Crippen molar-refractivity contribution in [1.29, 1.82) is 0 Å². The average molecular weight is 253 g/mol. The lowest BCUT2D eigenvalue weighted by Crippen LogP contribution is -2.34. The Morgan fingerprint density at radius 3 is 2.72 bits per heavy atom. The van der Waals surface area contributed by atoms with Crippen molar-refractivity contribution in [2.24, 2.45) is 0 Å². The van der Waals surface area contributed by atoms with Gasteiger partial charge in [-0.25, -0.2) is 4.79 Å². The summed E-state index contributed by atoms with van der Waals surface area (Å²) >= 11 is 0. The number of amides is 1. The first kappa shape index (κ1) is 12.9. The molecular weight excluding hydrogens is 234 g/mol. The van der Waals surface area contributed by atoms with Gasteiger partial charge in [-0.2, -0.15) is 4.98 Å². The third kappa shape index (κ3) is 3.45. The zero-order valence-electron chi connectivity index (χ0n) is 11.2. The molecule has 1 heterocycles. The standard InChI is InChI=1S/C12H19N3O3/c1-7(13-11(16)17-12(2,3)4)10-14-9(15-18-10)8-5-6-8/h7-8H,5-6H2,1-4H3,(H,13,16). The van der Waals surface area contributed by atoms with Crippen LogP contribution in [0.4, 0.5) is 4.79 Å². The summed E-state index contributed by atoms with van der Waals surface area (Å²) in [7, 11) is 0. The van der Waals surface area contributed by atoms with E-state index in [2.05, 4.69) is 15.5 Å². The van der Waals surface area contributed by atoms with Crippen LogP contribution >= 0.6 is 0 Å². The van der Waals surface area contributed by atoms with Gasteiger partial charge < -0.3 is 14.6 Å². The summed E-state index contributed by atoms with van der Waals surface area (Å²) in [6.45, 7) is 7.23. The second kappa shape index (κ2) is 4.59. The lowest BCUT2D eigenvalue weighted by molar-refractivity contribution is 0.0499. The van der Waals surface area contributed by atoms with Crippen molar-refractivity contribution in [3.63, 3.8) is 0 Å². The van der Waals surface area contributed by atoms with Crippen LogP contribution in [0.25, 0.3) is 0 Å². The second-order valence-corrected chi connectivity index (χ2v) is 5.63. The Hall–Kier alpha value is -1.59. The molecule has 1 atom stereocenters. The van der Waals surface area contributed by atoms with Gasteiger partial charge in [-0.3, -0.25) is 0 Å². The quantitative estimate of drug-likeness (QED) is 0.895. The zero-order valence-corrected chi connectivity index (χ0v) is 11.2. The molecule has 6 nitrogen and oxygen atoms in total. The predicted molar refractivity (Wildman–Crippen MR) is 64.1 cm³/mol. The number of hydrogen-bond donors (Lipinski definition) is 1. The molecule has 0 saturated heterocycles. The summed E-state index contributed by atoms with van der Waals surface area (Å²) in [5.41, 5.74) is -0.516. The Morgan fingerprint density at radius 1 is 1.50 bits per heavy atom. The van der Waals surface area contributed by atoms with Crippen molar-refractivity contribution in [1.82, 2.24) is 15.5 Å². The molecule has 1 aliphatic carbocycles. The van der Waals surface area contributed by atoms with E-state index in [4.69, 9.17) is 9.26 Å². The highest BCUT2D eigenvalue weighted by atomic mass is 16.6. The molecule has 0 bridgehead atoms. The number of hydrogen-bond acceptors (Lipinski definition) is 5. The van der Waals surface area contributed by atoms with Gasteiger partial charge in [0.2, 0.25) is 5.89 Å². The van der Waals surface area contributed by atoms with Crippen molar-refractivity contribution in [2.75, 3.05) is 0 Å². The number of carbonyl (C=O) groups excluding carboxylic acids is 1. The van der Waals surface area contributed by atoms with E-state index in [9.17, 15) is 4.79 Å². The fourth-order valence-corrected chi connectivity index (χ4v) is 1.48. The number of carbonyl (C=O) groups is 1. The minimum Gasteiger partial charge on any atom is -0.444 e. The summed E-state index contributed by atoms with van der Waals surface area (Å²) in [5, 5.41) is 6.57. The van der Waals surface area contributed by atoms with Crippen LogP contribution in [0, 0.1) is 0 Å². The Balaban J connectivity index is 1.90. The molecule has 1 aromatic rings. The predicted octanol–water partition coefficient (Wildman–Crippen LogP) is 2.53. The molecule has 1 N–H and O–H groups in total. The molecule has 0 aliphatic heterocycles. The van der Waals surface area contributed by atoms with E-state index in [-0.39, 0.29) is 6.04 Å². The van der Waals surface area contributed by atoms with Crippen molar-refractivity contribution in [2.45, 2.75) is 58.1 Å². The lowest BCUT2D eigenvalue weighted by atomic mass is 10.2. The van der Waals surface area contributed by atoms with E-state index >= 15 is 0 Å². The highest BCUT2D eigenvalue weighted by Crippen LogP contribution is 2.38. The summed E-state index contributed by atoms with van der Waals surface area (Å²) < 4.78 is 10.3. The van der Waals surface area contributed by atoms with Crippen LogP contribution in [0.2, 0.25) is 0 Å². The largest absolute Gasteiger partial charge is 0.444 e. The minimum absolute atomic E-state index is 0.347. The molecule has 1 fully saturated rings. The molecule has 0 spiro atoms. The monoisotopic (exact) mass is 253 g/mol. The number of nitrogens with one attached hydrogen (secondary N) is 1. The topological polar surface area (TPSA) is 77.2 Å². The molecule has 6 heteroatoms. The maximum absolute atomic E-state index is 11.6. The van der Waals surface area contributed by atoms with Gasteiger partial charge in [0, 0.05) is 5.92 Å². The Labute approximate surface area is 106 Å². The number of ether oxygens (including phenoxy) is 1. The van der Waals surface area contributed by atoms with Gasteiger partial charge in [0.25, 0.3) is 0 Å². The van der Waals surface area contributed by atoms with E-state index in [1.165, 1.54) is 0 Å². The van der Waals surface area contributed by atoms with E-state index < -0.39 is 11.7 Å². The normalized spacial score (nSPS) is 17.3. The fourth-order valence-electron chi connectivity index (χ4n) is 1.48. The van der Waals surface area contributed by atoms with Gasteiger partial charge in [-0.05, 0) is 40.5 Å². The fraction of sp³-hybridized carbons (Fsp3) is 0.750. The molecular formula is C12H19N3O3. The minimum atomic E-state index is -0.516. The van der Waals surface area contributed by atoms with Gasteiger partial charge in [0.15, 0.2) is 5.82 Å². The summed E-state index contributed by atoms with van der Waals surface area (Å²) in [6.07, 6.45) is 1.75. The molecule has 2 rings (SSSR count). The smallest absolute Gasteiger partial charge is 0.408 e. The molecule has 1 unspecified atom stereocenters. The highest BCUT2D eigenvalue weighted by Gasteiger charge is 2.30. The molecule has 18 heavy (non-hydrogen) atoms. The Morgan fingerprint density at radius 2 is 2.17 bits per heavy atom. The molecule has 100 valence electrons. The van der Waals surface area contributed by atoms with Crippen LogP contribution in [0.1, 0.15) is 64.2 Å². The summed E-state index contributed by atoms with van der Waals surface area (Å²) in [4.78, 5) is 15.8. The van der Waals surface area contributed by atoms with Crippen LogP contribution in [0.3, 0.4) is 0 Å². The van der Waals surface area contributed by atoms with Crippen LogP contribution < -0.4 is 5.32 Å². The lowest BCUT2D eigenvalue weighted by Gasteiger charge is -2.20. The van der Waals surface area contributed by atoms with Gasteiger partial charge in [0.1, 0.15) is 11.6 Å². The first-order chi connectivity index (χ1) is 8.35. The van der Waals surface area contributed by atoms with Crippen LogP contribution in [0.15, 0.2) is 4.52 Å². The molecule has 1 saturated carbocycles. The summed E-state index contributed by atoms with van der Waals surface area (Å²) in [6, 6.07) is -0.347. The molecule has 0 aromatic carbocycles. The molecule has 1 amide bonds. The maximum Gasteiger partial charge on any atom is 0.408 e. The van der Waals surface area contributed by atoms with Crippen molar-refractivity contribution in [3.8, 4) is 0 Å². The van der Waals surface area contributed by atoms with Crippen molar-refractivity contribution >= 4 is 6.09 Å². The first-order valence-electron chi connectivity index (χ1n) is 6.18. The second-order valence-electron chi connectivity index (χ2n) is 5.63. The number of alkyl carbamates (subject to hydrolysis) is 1. The number of nitrogens with zero attached hydrogens (tertiary/aromatic N) is 2.